The predicted molar refractivity (Wildman–Crippen MR) is 96.7 cm³/mol. The Morgan fingerprint density at radius 3 is 2.25 bits per heavy atom. The fourth-order valence-corrected chi connectivity index (χ4v) is 3.04. The standard InChI is InChI=1S/C21H21NO2/c1-4-24-18-12-10-16(11-13-18)19-14(2)22-15(3)20(19)21(23)17-8-6-5-7-9-17/h5-13,22H,4H2,1-3H3. The molecule has 0 atom stereocenters. The summed E-state index contributed by atoms with van der Waals surface area (Å²) in [6, 6.07) is 17.3. The van der Waals surface area contributed by atoms with Crippen LogP contribution in [0.5, 0.6) is 5.75 Å². The van der Waals surface area contributed by atoms with Crippen molar-refractivity contribution in [2.75, 3.05) is 6.61 Å². The Labute approximate surface area is 142 Å². The molecule has 0 aliphatic carbocycles. The van der Waals surface area contributed by atoms with Gasteiger partial charge in [0.1, 0.15) is 5.75 Å². The molecule has 122 valence electrons. The molecule has 1 N–H and O–H groups in total. The normalized spacial score (nSPS) is 10.6. The maximum atomic E-state index is 13.0. The summed E-state index contributed by atoms with van der Waals surface area (Å²) in [5.41, 5.74) is 5.31. The number of hydrogen-bond acceptors (Lipinski definition) is 2. The molecule has 3 heteroatoms. The number of ether oxygens (including phenoxy) is 1. The van der Waals surface area contributed by atoms with Crippen LogP contribution < -0.4 is 4.74 Å². The number of carbonyl (C=O) groups excluding carboxylic acids is 1. The van der Waals surface area contributed by atoms with E-state index in [0.29, 0.717) is 12.2 Å². The first-order valence-corrected chi connectivity index (χ1v) is 8.14. The summed E-state index contributed by atoms with van der Waals surface area (Å²) in [6.45, 7) is 6.55. The number of rotatable bonds is 5. The molecule has 0 aliphatic rings. The molecule has 1 heterocycles. The fraction of sp³-hybridized carbons (Fsp3) is 0.190. The van der Waals surface area contributed by atoms with E-state index in [0.717, 1.165) is 33.8 Å². The first kappa shape index (κ1) is 16.1. The third-order valence-corrected chi connectivity index (χ3v) is 4.09. The number of ketones is 1. The summed E-state index contributed by atoms with van der Waals surface area (Å²) in [7, 11) is 0. The van der Waals surface area contributed by atoms with Crippen LogP contribution in [0.15, 0.2) is 54.6 Å². The van der Waals surface area contributed by atoms with Crippen LogP contribution in [0.25, 0.3) is 11.1 Å². The molecule has 24 heavy (non-hydrogen) atoms. The van der Waals surface area contributed by atoms with E-state index < -0.39 is 0 Å². The van der Waals surface area contributed by atoms with Crippen molar-refractivity contribution in [3.05, 3.63) is 77.1 Å². The van der Waals surface area contributed by atoms with Crippen molar-refractivity contribution in [2.24, 2.45) is 0 Å². The van der Waals surface area contributed by atoms with Crippen LogP contribution >= 0.6 is 0 Å². The van der Waals surface area contributed by atoms with Gasteiger partial charge in [0.15, 0.2) is 5.78 Å². The third kappa shape index (κ3) is 2.98. The average Bonchev–Trinajstić information content (AvgIpc) is 2.90. The lowest BCUT2D eigenvalue weighted by Crippen LogP contribution is -2.03. The van der Waals surface area contributed by atoms with Crippen LogP contribution in [-0.2, 0) is 0 Å². The van der Waals surface area contributed by atoms with Crippen LogP contribution in [-0.4, -0.2) is 17.4 Å². The molecule has 0 bridgehead atoms. The van der Waals surface area contributed by atoms with E-state index in [1.54, 1.807) is 0 Å². The number of carbonyl (C=O) groups is 1. The number of aromatic nitrogens is 1. The van der Waals surface area contributed by atoms with Gasteiger partial charge in [-0.25, -0.2) is 0 Å². The number of H-pyrrole nitrogens is 1. The Morgan fingerprint density at radius 2 is 1.62 bits per heavy atom. The molecule has 3 rings (SSSR count). The van der Waals surface area contributed by atoms with Crippen LogP contribution in [0.1, 0.15) is 34.2 Å². The molecule has 0 radical (unpaired) electrons. The van der Waals surface area contributed by atoms with Gasteiger partial charge in [-0.2, -0.15) is 0 Å². The van der Waals surface area contributed by atoms with Gasteiger partial charge in [-0.05, 0) is 38.5 Å². The molecule has 0 unspecified atom stereocenters. The van der Waals surface area contributed by atoms with E-state index >= 15 is 0 Å². The van der Waals surface area contributed by atoms with Crippen molar-refractivity contribution in [1.29, 1.82) is 0 Å². The quantitative estimate of drug-likeness (QED) is 0.678. The smallest absolute Gasteiger partial charge is 0.195 e. The Balaban J connectivity index is 2.07. The number of aryl methyl sites for hydroxylation is 2. The molecular formula is C21H21NO2. The zero-order valence-corrected chi connectivity index (χ0v) is 14.2. The zero-order chi connectivity index (χ0) is 17.1. The minimum absolute atomic E-state index is 0.0429. The van der Waals surface area contributed by atoms with E-state index in [9.17, 15) is 4.79 Å². The molecule has 0 aliphatic heterocycles. The SMILES string of the molecule is CCOc1ccc(-c2c(C)[nH]c(C)c2C(=O)c2ccccc2)cc1. The highest BCUT2D eigenvalue weighted by molar-refractivity contribution is 6.14. The van der Waals surface area contributed by atoms with Crippen LogP contribution in [0.4, 0.5) is 0 Å². The first-order valence-electron chi connectivity index (χ1n) is 8.14. The second-order valence-corrected chi connectivity index (χ2v) is 5.78. The Bertz CT molecular complexity index is 846. The molecule has 0 saturated heterocycles. The highest BCUT2D eigenvalue weighted by atomic mass is 16.5. The predicted octanol–water partition coefficient (Wildman–Crippen LogP) is 4.93. The third-order valence-electron chi connectivity index (χ3n) is 4.09. The molecule has 1 aromatic heterocycles. The summed E-state index contributed by atoms with van der Waals surface area (Å²) < 4.78 is 5.50. The zero-order valence-electron chi connectivity index (χ0n) is 14.2. The van der Waals surface area contributed by atoms with Crippen molar-refractivity contribution >= 4 is 5.78 Å². The molecule has 3 nitrogen and oxygen atoms in total. The van der Waals surface area contributed by atoms with Crippen molar-refractivity contribution in [2.45, 2.75) is 20.8 Å². The van der Waals surface area contributed by atoms with E-state index in [2.05, 4.69) is 4.98 Å². The summed E-state index contributed by atoms with van der Waals surface area (Å²) in [6.07, 6.45) is 0. The lowest BCUT2D eigenvalue weighted by Gasteiger charge is -2.08. The molecule has 0 saturated carbocycles. The summed E-state index contributed by atoms with van der Waals surface area (Å²) in [5.74, 6) is 0.878. The van der Waals surface area contributed by atoms with Gasteiger partial charge < -0.3 is 9.72 Å². The minimum Gasteiger partial charge on any atom is -0.494 e. The van der Waals surface area contributed by atoms with Gasteiger partial charge in [-0.1, -0.05) is 42.5 Å². The molecule has 0 spiro atoms. The Kier molecular flexibility index (Phi) is 4.52. The molecule has 0 amide bonds. The number of aromatic amines is 1. The highest BCUT2D eigenvalue weighted by Gasteiger charge is 2.21. The largest absolute Gasteiger partial charge is 0.494 e. The lowest BCUT2D eigenvalue weighted by atomic mass is 9.94. The maximum Gasteiger partial charge on any atom is 0.195 e. The Morgan fingerprint density at radius 1 is 0.958 bits per heavy atom. The molecule has 3 aromatic rings. The van der Waals surface area contributed by atoms with Gasteiger partial charge in [-0.15, -0.1) is 0 Å². The van der Waals surface area contributed by atoms with Crippen molar-refractivity contribution in [3.8, 4) is 16.9 Å². The second kappa shape index (κ2) is 6.75. The maximum absolute atomic E-state index is 13.0. The summed E-state index contributed by atoms with van der Waals surface area (Å²) >= 11 is 0. The van der Waals surface area contributed by atoms with Crippen LogP contribution in [0.3, 0.4) is 0 Å². The van der Waals surface area contributed by atoms with Crippen molar-refractivity contribution in [3.63, 3.8) is 0 Å². The summed E-state index contributed by atoms with van der Waals surface area (Å²) in [4.78, 5) is 16.3. The van der Waals surface area contributed by atoms with Crippen molar-refractivity contribution in [1.82, 2.24) is 4.98 Å². The van der Waals surface area contributed by atoms with Crippen molar-refractivity contribution < 1.29 is 9.53 Å². The summed E-state index contributed by atoms with van der Waals surface area (Å²) in [5, 5.41) is 0. The van der Waals surface area contributed by atoms with Crippen LogP contribution in [0, 0.1) is 13.8 Å². The number of nitrogens with one attached hydrogen (secondary N) is 1. The molecule has 2 aromatic carbocycles. The van der Waals surface area contributed by atoms with Gasteiger partial charge in [0.2, 0.25) is 0 Å². The van der Waals surface area contributed by atoms with Gasteiger partial charge in [0.05, 0.1) is 12.2 Å². The first-order chi connectivity index (χ1) is 11.6. The van der Waals surface area contributed by atoms with E-state index in [1.807, 2.05) is 75.4 Å². The van der Waals surface area contributed by atoms with Gasteiger partial charge >= 0.3 is 0 Å². The second-order valence-electron chi connectivity index (χ2n) is 5.78. The molecule has 0 fully saturated rings. The fourth-order valence-electron chi connectivity index (χ4n) is 3.04. The van der Waals surface area contributed by atoms with E-state index in [4.69, 9.17) is 4.74 Å². The van der Waals surface area contributed by atoms with Gasteiger partial charge in [-0.3, -0.25) is 4.79 Å². The monoisotopic (exact) mass is 319 g/mol. The lowest BCUT2D eigenvalue weighted by molar-refractivity contribution is 0.103. The van der Waals surface area contributed by atoms with Crippen LogP contribution in [0.2, 0.25) is 0 Å². The van der Waals surface area contributed by atoms with Gasteiger partial charge in [0.25, 0.3) is 0 Å². The Hall–Kier alpha value is -2.81. The molecular weight excluding hydrogens is 298 g/mol. The van der Waals surface area contributed by atoms with Gasteiger partial charge in [0, 0.05) is 22.5 Å². The highest BCUT2D eigenvalue weighted by Crippen LogP contribution is 2.32. The number of benzene rings is 2. The minimum atomic E-state index is 0.0429. The van der Waals surface area contributed by atoms with E-state index in [1.165, 1.54) is 0 Å². The topological polar surface area (TPSA) is 42.1 Å². The van der Waals surface area contributed by atoms with E-state index in [-0.39, 0.29) is 5.78 Å². The average molecular weight is 319 g/mol. The number of hydrogen-bond donors (Lipinski definition) is 1.